The maximum absolute atomic E-state index is 12.2. The molecule has 2 aromatic rings. The molecule has 1 aromatic heterocycles. The van der Waals surface area contributed by atoms with E-state index in [2.05, 4.69) is 5.32 Å². The van der Waals surface area contributed by atoms with Crippen LogP contribution in [0.3, 0.4) is 0 Å². The highest BCUT2D eigenvalue weighted by atomic mass is 32.2. The number of rotatable bonds is 7. The summed E-state index contributed by atoms with van der Waals surface area (Å²) < 4.78 is 5.13. The molecule has 28 heavy (non-hydrogen) atoms. The summed E-state index contributed by atoms with van der Waals surface area (Å²) in [5.41, 5.74) is 1.92. The van der Waals surface area contributed by atoms with Crippen LogP contribution in [0, 0.1) is 0 Å². The van der Waals surface area contributed by atoms with Gasteiger partial charge >= 0.3 is 5.97 Å². The van der Waals surface area contributed by atoms with Crippen LogP contribution in [-0.2, 0) is 27.2 Å². The molecule has 0 saturated heterocycles. The fourth-order valence-corrected chi connectivity index (χ4v) is 4.68. The molecule has 1 aromatic carbocycles. The van der Waals surface area contributed by atoms with Crippen LogP contribution in [0.25, 0.3) is 0 Å². The van der Waals surface area contributed by atoms with E-state index in [-0.39, 0.29) is 19.1 Å². The molecule has 0 radical (unpaired) electrons. The molecule has 0 fully saturated rings. The third-order valence-corrected chi connectivity index (χ3v) is 6.48. The zero-order valence-corrected chi connectivity index (χ0v) is 17.5. The number of carbonyl (C=O) groups excluding carboxylic acids is 3. The maximum atomic E-state index is 12.2. The van der Waals surface area contributed by atoms with Gasteiger partial charge in [-0.15, -0.1) is 23.1 Å². The highest BCUT2D eigenvalue weighted by molar-refractivity contribution is 7.98. The average Bonchev–Trinajstić information content (AvgIpc) is 3.28. The van der Waals surface area contributed by atoms with Crippen molar-refractivity contribution in [3.05, 3.63) is 45.6 Å². The number of anilines is 1. The molecule has 0 atom stereocenters. The lowest BCUT2D eigenvalue weighted by Gasteiger charge is -2.17. The van der Waals surface area contributed by atoms with Crippen molar-refractivity contribution in [2.24, 2.45) is 0 Å². The lowest BCUT2D eigenvalue weighted by Crippen LogP contribution is -2.37. The summed E-state index contributed by atoms with van der Waals surface area (Å²) in [7, 11) is 1.51. The molecular formula is C20H22N2O4S2. The molecule has 1 heterocycles. The van der Waals surface area contributed by atoms with E-state index in [4.69, 9.17) is 4.74 Å². The highest BCUT2D eigenvalue weighted by Crippen LogP contribution is 2.31. The number of thiophene rings is 1. The zero-order valence-electron chi connectivity index (χ0n) is 15.8. The smallest absolute Gasteiger partial charge is 0.348 e. The highest BCUT2D eigenvalue weighted by Gasteiger charge is 2.21. The Morgan fingerprint density at radius 3 is 2.79 bits per heavy atom. The monoisotopic (exact) mass is 418 g/mol. The minimum atomic E-state index is -0.487. The summed E-state index contributed by atoms with van der Waals surface area (Å²) in [6.07, 6.45) is 5.06. The molecule has 148 valence electrons. The first-order chi connectivity index (χ1) is 13.5. The molecule has 0 saturated carbocycles. The molecule has 2 amide bonds. The first-order valence-electron chi connectivity index (χ1n) is 8.93. The van der Waals surface area contributed by atoms with Crippen molar-refractivity contribution >= 4 is 46.6 Å². The molecule has 0 bridgehead atoms. The van der Waals surface area contributed by atoms with Crippen molar-refractivity contribution in [1.29, 1.82) is 0 Å². The van der Waals surface area contributed by atoms with E-state index in [1.54, 1.807) is 0 Å². The van der Waals surface area contributed by atoms with Gasteiger partial charge in [-0.3, -0.25) is 9.59 Å². The van der Waals surface area contributed by atoms with E-state index in [1.807, 2.05) is 36.6 Å². The van der Waals surface area contributed by atoms with Gasteiger partial charge in [0.2, 0.25) is 5.91 Å². The fraction of sp³-hybridized carbons (Fsp3) is 0.350. The maximum Gasteiger partial charge on any atom is 0.348 e. The molecule has 3 rings (SSSR count). The molecular weight excluding hydrogens is 396 g/mol. The second-order valence-electron chi connectivity index (χ2n) is 6.49. The third-order valence-electron chi connectivity index (χ3n) is 4.46. The van der Waals surface area contributed by atoms with Crippen molar-refractivity contribution in [3.8, 4) is 0 Å². The fourth-order valence-electron chi connectivity index (χ4n) is 2.98. The summed E-state index contributed by atoms with van der Waals surface area (Å²) in [5, 5.41) is 2.80. The Bertz CT molecular complexity index is 873. The van der Waals surface area contributed by atoms with Crippen molar-refractivity contribution in [3.63, 3.8) is 0 Å². The molecule has 0 aliphatic heterocycles. The van der Waals surface area contributed by atoms with Crippen LogP contribution in [0.4, 0.5) is 5.69 Å². The van der Waals surface area contributed by atoms with Gasteiger partial charge in [-0.2, -0.15) is 0 Å². The number of nitrogens with one attached hydrogen (secondary N) is 1. The molecule has 6 nitrogen and oxygen atoms in total. The predicted molar refractivity (Wildman–Crippen MR) is 111 cm³/mol. The number of amides is 2. The first kappa shape index (κ1) is 20.4. The van der Waals surface area contributed by atoms with E-state index in [9.17, 15) is 14.4 Å². The predicted octanol–water partition coefficient (Wildman–Crippen LogP) is 3.21. The minimum absolute atomic E-state index is 0.119. The third kappa shape index (κ3) is 4.94. The van der Waals surface area contributed by atoms with Crippen LogP contribution in [0.15, 0.2) is 35.2 Å². The summed E-state index contributed by atoms with van der Waals surface area (Å²) in [4.78, 5) is 40.5. The lowest BCUT2D eigenvalue weighted by atomic mass is 10.2. The molecule has 1 aliphatic carbocycles. The van der Waals surface area contributed by atoms with Gasteiger partial charge in [0.25, 0.3) is 5.91 Å². The van der Waals surface area contributed by atoms with E-state index < -0.39 is 11.9 Å². The van der Waals surface area contributed by atoms with Crippen LogP contribution in [-0.4, -0.2) is 49.1 Å². The lowest BCUT2D eigenvalue weighted by molar-refractivity contribution is -0.136. The standard InChI is InChI=1S/C20H22N2O4S2/c1-22(11-18(23)21-14-7-3-4-8-16(14)27-2)19(24)12-26-20(25)17-10-13-6-5-9-15(13)28-17/h3-4,7-8,10H,5-6,9,11-12H2,1-2H3,(H,21,23). The quantitative estimate of drug-likeness (QED) is 0.552. The van der Waals surface area contributed by atoms with Crippen LogP contribution < -0.4 is 5.32 Å². The van der Waals surface area contributed by atoms with Crippen LogP contribution >= 0.6 is 23.1 Å². The van der Waals surface area contributed by atoms with Gasteiger partial charge < -0.3 is 15.0 Å². The summed E-state index contributed by atoms with van der Waals surface area (Å²) in [6.45, 7) is -0.501. The Hall–Kier alpha value is -2.32. The van der Waals surface area contributed by atoms with E-state index in [1.165, 1.54) is 45.5 Å². The number of esters is 1. The Morgan fingerprint density at radius 1 is 1.25 bits per heavy atom. The van der Waals surface area contributed by atoms with Gasteiger partial charge in [0.15, 0.2) is 6.61 Å². The van der Waals surface area contributed by atoms with Crippen molar-refractivity contribution < 1.29 is 19.1 Å². The minimum Gasteiger partial charge on any atom is -0.451 e. The van der Waals surface area contributed by atoms with Crippen molar-refractivity contribution in [2.45, 2.75) is 24.2 Å². The molecule has 1 aliphatic rings. The van der Waals surface area contributed by atoms with Crippen molar-refractivity contribution in [2.75, 3.05) is 31.8 Å². The van der Waals surface area contributed by atoms with E-state index >= 15 is 0 Å². The average molecular weight is 419 g/mol. The second kappa shape index (κ2) is 9.25. The largest absolute Gasteiger partial charge is 0.451 e. The number of thioether (sulfide) groups is 1. The molecule has 8 heteroatoms. The van der Waals surface area contributed by atoms with Gasteiger partial charge in [-0.25, -0.2) is 4.79 Å². The van der Waals surface area contributed by atoms with Gasteiger partial charge in [0, 0.05) is 16.8 Å². The summed E-state index contributed by atoms with van der Waals surface area (Å²) in [6, 6.07) is 9.32. The van der Waals surface area contributed by atoms with Gasteiger partial charge in [0.1, 0.15) is 4.88 Å². The van der Waals surface area contributed by atoms with Gasteiger partial charge in [-0.1, -0.05) is 12.1 Å². The van der Waals surface area contributed by atoms with Crippen LogP contribution in [0.1, 0.15) is 26.5 Å². The number of hydrogen-bond donors (Lipinski definition) is 1. The number of ether oxygens (including phenoxy) is 1. The number of hydrogen-bond acceptors (Lipinski definition) is 6. The van der Waals surface area contributed by atoms with E-state index in [0.717, 1.165) is 24.2 Å². The van der Waals surface area contributed by atoms with E-state index in [0.29, 0.717) is 10.6 Å². The van der Waals surface area contributed by atoms with Gasteiger partial charge in [-0.05, 0) is 49.3 Å². The number of fused-ring (bicyclic) bond motifs is 1. The Kier molecular flexibility index (Phi) is 6.74. The molecule has 0 unspecified atom stereocenters. The number of benzene rings is 1. The Labute approximate surface area is 172 Å². The second-order valence-corrected chi connectivity index (χ2v) is 8.47. The molecule has 1 N–H and O–H groups in total. The summed E-state index contributed by atoms with van der Waals surface area (Å²) >= 11 is 2.97. The Balaban J connectivity index is 1.47. The van der Waals surface area contributed by atoms with Crippen molar-refractivity contribution in [1.82, 2.24) is 4.90 Å². The number of likely N-dealkylation sites (N-methyl/N-ethyl adjacent to an activating group) is 1. The zero-order chi connectivity index (χ0) is 20.1. The number of para-hydroxylation sites is 1. The topological polar surface area (TPSA) is 75.7 Å². The SMILES string of the molecule is CSc1ccccc1NC(=O)CN(C)C(=O)COC(=O)c1cc2c(s1)CCC2. The van der Waals surface area contributed by atoms with Crippen LogP contribution in [0.5, 0.6) is 0 Å². The first-order valence-corrected chi connectivity index (χ1v) is 11.0. The number of nitrogens with zero attached hydrogens (tertiary/aromatic N) is 1. The van der Waals surface area contributed by atoms with Gasteiger partial charge in [0.05, 0.1) is 12.2 Å². The summed E-state index contributed by atoms with van der Waals surface area (Å²) in [5.74, 6) is -1.22. The Morgan fingerprint density at radius 2 is 2.04 bits per heavy atom. The molecule has 0 spiro atoms. The normalized spacial score (nSPS) is 12.4. The van der Waals surface area contributed by atoms with Crippen LogP contribution in [0.2, 0.25) is 0 Å². The number of carbonyl (C=O) groups is 3. The number of aryl methyl sites for hydroxylation is 2.